The second-order valence-corrected chi connectivity index (χ2v) is 9.74. The number of anilines is 2. The van der Waals surface area contributed by atoms with Crippen molar-refractivity contribution in [2.75, 3.05) is 57.5 Å². The van der Waals surface area contributed by atoms with Crippen LogP contribution >= 0.6 is 0 Å². The molecule has 3 aromatic rings. The highest BCUT2D eigenvalue weighted by Gasteiger charge is 2.44. The Bertz CT molecular complexity index is 1150. The lowest BCUT2D eigenvalue weighted by atomic mass is 9.92. The number of methoxy groups -OCH3 is 1. The molecule has 2 aromatic heterocycles. The molecule has 2 aliphatic heterocycles. The standard InChI is InChI=1S/C26H37N7O2.C2H6/c1-3-4-5-9-29-24-23-21(30-25(27)31-24)8-11-33(23)15-20-7-6-19(13-22(20)34-2)14-32-17-26(18-32)16-28-10-12-35-26;1-2/h6-8,11,13,28H,3-5,9-10,12,14-18H2,1-2H3,(H3,27,29,30,31);1-2H3. The van der Waals surface area contributed by atoms with E-state index in [9.17, 15) is 0 Å². The van der Waals surface area contributed by atoms with E-state index in [0.29, 0.717) is 6.54 Å². The van der Waals surface area contributed by atoms with Gasteiger partial charge in [-0.2, -0.15) is 4.98 Å². The molecule has 0 atom stereocenters. The van der Waals surface area contributed by atoms with Crippen LogP contribution in [-0.4, -0.2) is 71.5 Å². The van der Waals surface area contributed by atoms with E-state index in [1.807, 2.05) is 26.1 Å². The molecule has 2 fully saturated rings. The van der Waals surface area contributed by atoms with Crippen molar-refractivity contribution < 1.29 is 9.47 Å². The van der Waals surface area contributed by atoms with Crippen LogP contribution < -0.4 is 21.1 Å². The van der Waals surface area contributed by atoms with Gasteiger partial charge in [0.1, 0.15) is 16.9 Å². The summed E-state index contributed by atoms with van der Waals surface area (Å²) in [5, 5.41) is 6.92. The van der Waals surface area contributed by atoms with Crippen molar-refractivity contribution in [2.45, 2.75) is 58.7 Å². The number of nitrogen functional groups attached to an aromatic ring is 1. The number of benzene rings is 1. The van der Waals surface area contributed by atoms with E-state index < -0.39 is 0 Å². The van der Waals surface area contributed by atoms with Gasteiger partial charge in [0.15, 0.2) is 5.82 Å². The normalized spacial score (nSPS) is 16.8. The zero-order chi connectivity index (χ0) is 26.3. The summed E-state index contributed by atoms with van der Waals surface area (Å²) >= 11 is 0. The van der Waals surface area contributed by atoms with E-state index in [-0.39, 0.29) is 11.5 Å². The summed E-state index contributed by atoms with van der Waals surface area (Å²) in [6, 6.07) is 8.52. The predicted octanol–water partition coefficient (Wildman–Crippen LogP) is 3.87. The quantitative estimate of drug-likeness (QED) is 0.354. The minimum atomic E-state index is 0.00546. The van der Waals surface area contributed by atoms with E-state index in [1.165, 1.54) is 18.4 Å². The summed E-state index contributed by atoms with van der Waals surface area (Å²) < 4.78 is 14.0. The summed E-state index contributed by atoms with van der Waals surface area (Å²) in [5.41, 5.74) is 10.2. The Morgan fingerprint density at radius 2 is 2.00 bits per heavy atom. The Balaban J connectivity index is 0.00000156. The predicted molar refractivity (Wildman–Crippen MR) is 150 cm³/mol. The number of hydrogen-bond donors (Lipinski definition) is 3. The maximum atomic E-state index is 6.03. The first-order chi connectivity index (χ1) is 18.1. The number of fused-ring (bicyclic) bond motifs is 1. The average molecular weight is 510 g/mol. The molecule has 4 heterocycles. The first-order valence-electron chi connectivity index (χ1n) is 13.7. The Labute approximate surface area is 220 Å². The average Bonchev–Trinajstić information content (AvgIpc) is 3.30. The van der Waals surface area contributed by atoms with Crippen LogP contribution in [0.5, 0.6) is 5.75 Å². The maximum Gasteiger partial charge on any atom is 0.222 e. The number of likely N-dealkylation sites (tertiary alicyclic amines) is 1. The van der Waals surface area contributed by atoms with Crippen molar-refractivity contribution in [2.24, 2.45) is 0 Å². The summed E-state index contributed by atoms with van der Waals surface area (Å²) in [6.07, 6.45) is 5.50. The lowest BCUT2D eigenvalue weighted by Gasteiger charge is -2.51. The van der Waals surface area contributed by atoms with Crippen molar-refractivity contribution in [3.8, 4) is 5.75 Å². The number of ether oxygens (including phenoxy) is 2. The largest absolute Gasteiger partial charge is 0.496 e. The highest BCUT2D eigenvalue weighted by Crippen LogP contribution is 2.30. The molecular formula is C28H43N7O2. The molecule has 0 amide bonds. The van der Waals surface area contributed by atoms with Crippen LogP contribution in [0.1, 0.15) is 51.2 Å². The Kier molecular flexibility index (Phi) is 9.23. The number of hydrogen-bond acceptors (Lipinski definition) is 8. The van der Waals surface area contributed by atoms with Gasteiger partial charge < -0.3 is 30.4 Å². The highest BCUT2D eigenvalue weighted by atomic mass is 16.5. The Hall–Kier alpha value is -2.88. The molecule has 0 radical (unpaired) electrons. The molecule has 5 rings (SSSR count). The second kappa shape index (κ2) is 12.6. The molecule has 1 spiro atoms. The molecular weight excluding hydrogens is 466 g/mol. The van der Waals surface area contributed by atoms with Crippen LogP contribution in [0.25, 0.3) is 11.0 Å². The number of rotatable bonds is 10. The molecule has 9 nitrogen and oxygen atoms in total. The summed E-state index contributed by atoms with van der Waals surface area (Å²) in [6.45, 7) is 13.3. The molecule has 1 aromatic carbocycles. The van der Waals surface area contributed by atoms with Crippen LogP contribution in [0.3, 0.4) is 0 Å². The van der Waals surface area contributed by atoms with Gasteiger partial charge in [0.05, 0.1) is 25.8 Å². The fraction of sp³-hybridized carbons (Fsp3) is 0.571. The van der Waals surface area contributed by atoms with Crippen molar-refractivity contribution in [1.29, 1.82) is 0 Å². The lowest BCUT2D eigenvalue weighted by molar-refractivity contribution is -0.158. The molecule has 0 saturated carbocycles. The van der Waals surface area contributed by atoms with Crippen molar-refractivity contribution in [3.05, 3.63) is 41.6 Å². The third-order valence-corrected chi connectivity index (χ3v) is 6.96. The van der Waals surface area contributed by atoms with Gasteiger partial charge >= 0.3 is 0 Å². The van der Waals surface area contributed by atoms with Gasteiger partial charge in [-0.25, -0.2) is 4.98 Å². The number of aromatic nitrogens is 3. The van der Waals surface area contributed by atoms with E-state index in [2.05, 4.69) is 55.2 Å². The summed E-state index contributed by atoms with van der Waals surface area (Å²) in [4.78, 5) is 11.4. The number of nitrogens with two attached hydrogens (primary N) is 1. The summed E-state index contributed by atoms with van der Waals surface area (Å²) in [5.74, 6) is 1.97. The fourth-order valence-corrected chi connectivity index (χ4v) is 5.21. The van der Waals surface area contributed by atoms with Gasteiger partial charge in [-0.1, -0.05) is 45.7 Å². The van der Waals surface area contributed by atoms with E-state index >= 15 is 0 Å². The first kappa shape index (κ1) is 27.2. The SMILES string of the molecule is CC.CCCCCNc1nc(N)nc2ccn(Cc3ccc(CN4CC5(CNCCO5)C4)cc3OC)c12. The van der Waals surface area contributed by atoms with Gasteiger partial charge in [-0.3, -0.25) is 4.90 Å². The zero-order valence-corrected chi connectivity index (χ0v) is 22.8. The van der Waals surface area contributed by atoms with Crippen molar-refractivity contribution in [3.63, 3.8) is 0 Å². The van der Waals surface area contributed by atoms with E-state index in [4.69, 9.17) is 15.2 Å². The smallest absolute Gasteiger partial charge is 0.222 e. The summed E-state index contributed by atoms with van der Waals surface area (Å²) in [7, 11) is 1.74. The third kappa shape index (κ3) is 6.34. The number of nitrogens with one attached hydrogen (secondary N) is 2. The van der Waals surface area contributed by atoms with Gasteiger partial charge in [0.2, 0.25) is 5.95 Å². The third-order valence-electron chi connectivity index (χ3n) is 6.96. The molecule has 9 heteroatoms. The van der Waals surface area contributed by atoms with Crippen LogP contribution in [0.4, 0.5) is 11.8 Å². The number of unbranched alkanes of at least 4 members (excludes halogenated alkanes) is 2. The molecule has 37 heavy (non-hydrogen) atoms. The maximum absolute atomic E-state index is 6.03. The van der Waals surface area contributed by atoms with Crippen molar-refractivity contribution >= 4 is 22.8 Å². The van der Waals surface area contributed by atoms with Crippen LogP contribution in [0, 0.1) is 0 Å². The van der Waals surface area contributed by atoms with Gasteiger partial charge in [0, 0.05) is 51.0 Å². The van der Waals surface area contributed by atoms with E-state index in [1.54, 1.807) is 7.11 Å². The Morgan fingerprint density at radius 1 is 1.16 bits per heavy atom. The molecule has 0 unspecified atom stereocenters. The molecule has 2 saturated heterocycles. The highest BCUT2D eigenvalue weighted by molar-refractivity contribution is 5.87. The first-order valence-corrected chi connectivity index (χ1v) is 13.7. The minimum absolute atomic E-state index is 0.00546. The zero-order valence-electron chi connectivity index (χ0n) is 22.8. The topological polar surface area (TPSA) is 102 Å². The minimum Gasteiger partial charge on any atom is -0.496 e. The number of morpholine rings is 1. The molecule has 202 valence electrons. The Morgan fingerprint density at radius 3 is 2.73 bits per heavy atom. The molecule has 4 N–H and O–H groups in total. The van der Waals surface area contributed by atoms with Gasteiger partial charge in [-0.15, -0.1) is 0 Å². The monoisotopic (exact) mass is 509 g/mol. The van der Waals surface area contributed by atoms with Gasteiger partial charge in [-0.05, 0) is 24.1 Å². The van der Waals surface area contributed by atoms with Gasteiger partial charge in [0.25, 0.3) is 0 Å². The molecule has 0 aliphatic carbocycles. The van der Waals surface area contributed by atoms with Crippen LogP contribution in [-0.2, 0) is 17.8 Å². The molecule has 0 bridgehead atoms. The van der Waals surface area contributed by atoms with Crippen LogP contribution in [0.2, 0.25) is 0 Å². The fourth-order valence-electron chi connectivity index (χ4n) is 5.21. The lowest BCUT2D eigenvalue weighted by Crippen LogP contribution is -2.69. The van der Waals surface area contributed by atoms with Crippen LogP contribution in [0.15, 0.2) is 30.5 Å². The van der Waals surface area contributed by atoms with E-state index in [0.717, 1.165) is 80.5 Å². The molecule has 2 aliphatic rings. The second-order valence-electron chi connectivity index (χ2n) is 9.74. The number of nitrogens with zero attached hydrogens (tertiary/aromatic N) is 4. The van der Waals surface area contributed by atoms with Crippen molar-refractivity contribution in [1.82, 2.24) is 24.8 Å².